The summed E-state index contributed by atoms with van der Waals surface area (Å²) in [5.74, 6) is 0.830. The highest BCUT2D eigenvalue weighted by Crippen LogP contribution is 2.21. The third-order valence-corrected chi connectivity index (χ3v) is 3.72. The van der Waals surface area contributed by atoms with Gasteiger partial charge in [0.25, 0.3) is 0 Å². The van der Waals surface area contributed by atoms with E-state index in [1.54, 1.807) is 7.11 Å². The van der Waals surface area contributed by atoms with E-state index in [4.69, 9.17) is 4.74 Å². The van der Waals surface area contributed by atoms with Crippen molar-refractivity contribution in [1.82, 2.24) is 5.32 Å². The minimum absolute atomic E-state index is 0.0792. The van der Waals surface area contributed by atoms with E-state index in [0.717, 1.165) is 29.7 Å². The average molecular weight is 297 g/mol. The van der Waals surface area contributed by atoms with Crippen molar-refractivity contribution in [2.24, 2.45) is 0 Å². The summed E-state index contributed by atoms with van der Waals surface area (Å²) in [7, 11) is 1.64. The van der Waals surface area contributed by atoms with Gasteiger partial charge in [0.1, 0.15) is 5.75 Å². The van der Waals surface area contributed by atoms with Crippen LogP contribution in [0.2, 0.25) is 0 Å². The molecule has 0 aliphatic rings. The van der Waals surface area contributed by atoms with Gasteiger partial charge in [-0.2, -0.15) is 0 Å². The Bertz CT molecular complexity index is 578. The molecule has 2 rings (SSSR count). The van der Waals surface area contributed by atoms with E-state index in [9.17, 15) is 4.79 Å². The molecule has 1 unspecified atom stereocenters. The maximum atomic E-state index is 12.5. The Kier molecular flexibility index (Phi) is 6.01. The molecule has 0 aliphatic carbocycles. The number of benzene rings is 2. The molecule has 0 heterocycles. The standard InChI is InChI=1S/C19H23NO2/c1-3-7-18(16-8-5-4-6-9-16)19(21)20-14-15-10-12-17(22-2)13-11-15/h4-6,8-13,18H,3,7,14H2,1-2H3,(H,20,21). The summed E-state index contributed by atoms with van der Waals surface area (Å²) in [5, 5.41) is 3.04. The van der Waals surface area contributed by atoms with E-state index in [0.29, 0.717) is 6.54 Å². The zero-order valence-corrected chi connectivity index (χ0v) is 13.2. The monoisotopic (exact) mass is 297 g/mol. The topological polar surface area (TPSA) is 38.3 Å². The molecule has 22 heavy (non-hydrogen) atoms. The first-order valence-corrected chi connectivity index (χ1v) is 7.70. The van der Waals surface area contributed by atoms with Gasteiger partial charge in [-0.25, -0.2) is 0 Å². The van der Waals surface area contributed by atoms with Crippen LogP contribution in [0.1, 0.15) is 36.8 Å². The molecular formula is C19H23NO2. The molecule has 3 heteroatoms. The van der Waals surface area contributed by atoms with Crippen LogP contribution in [-0.4, -0.2) is 13.0 Å². The molecule has 1 N–H and O–H groups in total. The van der Waals surface area contributed by atoms with Crippen molar-refractivity contribution < 1.29 is 9.53 Å². The van der Waals surface area contributed by atoms with Gasteiger partial charge < -0.3 is 10.1 Å². The summed E-state index contributed by atoms with van der Waals surface area (Å²) >= 11 is 0. The van der Waals surface area contributed by atoms with Crippen LogP contribution < -0.4 is 10.1 Å². The fourth-order valence-corrected chi connectivity index (χ4v) is 2.48. The quantitative estimate of drug-likeness (QED) is 0.842. The van der Waals surface area contributed by atoms with Crippen LogP contribution in [0.5, 0.6) is 5.75 Å². The number of hydrogen-bond acceptors (Lipinski definition) is 2. The number of amides is 1. The van der Waals surface area contributed by atoms with Crippen LogP contribution in [0.15, 0.2) is 54.6 Å². The lowest BCUT2D eigenvalue weighted by molar-refractivity contribution is -0.122. The van der Waals surface area contributed by atoms with E-state index in [-0.39, 0.29) is 11.8 Å². The molecule has 1 amide bonds. The fourth-order valence-electron chi connectivity index (χ4n) is 2.48. The second-order valence-electron chi connectivity index (χ2n) is 5.32. The van der Waals surface area contributed by atoms with Gasteiger partial charge in [-0.05, 0) is 29.7 Å². The van der Waals surface area contributed by atoms with Gasteiger partial charge >= 0.3 is 0 Å². The zero-order valence-electron chi connectivity index (χ0n) is 13.2. The van der Waals surface area contributed by atoms with Gasteiger partial charge in [0.2, 0.25) is 5.91 Å². The molecule has 0 saturated carbocycles. The molecule has 2 aromatic carbocycles. The summed E-state index contributed by atoms with van der Waals surface area (Å²) < 4.78 is 5.14. The molecule has 3 nitrogen and oxygen atoms in total. The van der Waals surface area contributed by atoms with E-state index in [1.807, 2.05) is 54.6 Å². The number of rotatable bonds is 7. The van der Waals surface area contributed by atoms with Gasteiger partial charge in [-0.1, -0.05) is 55.8 Å². The lowest BCUT2D eigenvalue weighted by atomic mass is 9.93. The Hall–Kier alpha value is -2.29. The first-order valence-electron chi connectivity index (χ1n) is 7.70. The zero-order chi connectivity index (χ0) is 15.8. The van der Waals surface area contributed by atoms with Crippen molar-refractivity contribution in [3.05, 3.63) is 65.7 Å². The highest BCUT2D eigenvalue weighted by molar-refractivity contribution is 5.83. The maximum Gasteiger partial charge on any atom is 0.227 e. The van der Waals surface area contributed by atoms with Gasteiger partial charge in [0.15, 0.2) is 0 Å². The van der Waals surface area contributed by atoms with Crippen molar-refractivity contribution in [2.75, 3.05) is 7.11 Å². The van der Waals surface area contributed by atoms with Crippen LogP contribution in [0.4, 0.5) is 0 Å². The predicted octanol–water partition coefficient (Wildman–Crippen LogP) is 3.90. The lowest BCUT2D eigenvalue weighted by Gasteiger charge is -2.16. The molecule has 0 bridgehead atoms. The molecule has 0 radical (unpaired) electrons. The van der Waals surface area contributed by atoms with Gasteiger partial charge in [0.05, 0.1) is 13.0 Å². The minimum atomic E-state index is -0.0792. The number of methoxy groups -OCH3 is 1. The number of hydrogen-bond donors (Lipinski definition) is 1. The molecule has 0 spiro atoms. The molecule has 0 aromatic heterocycles. The Morgan fingerprint density at radius 3 is 2.36 bits per heavy atom. The smallest absolute Gasteiger partial charge is 0.227 e. The first-order chi connectivity index (χ1) is 10.7. The van der Waals surface area contributed by atoms with Crippen molar-refractivity contribution in [1.29, 1.82) is 0 Å². The van der Waals surface area contributed by atoms with E-state index >= 15 is 0 Å². The first kappa shape index (κ1) is 16.1. The SMILES string of the molecule is CCCC(C(=O)NCc1ccc(OC)cc1)c1ccccc1. The fraction of sp³-hybridized carbons (Fsp3) is 0.316. The van der Waals surface area contributed by atoms with Gasteiger partial charge in [-0.15, -0.1) is 0 Å². The molecular weight excluding hydrogens is 274 g/mol. The van der Waals surface area contributed by atoms with Crippen LogP contribution >= 0.6 is 0 Å². The van der Waals surface area contributed by atoms with Crippen LogP contribution in [0.25, 0.3) is 0 Å². The lowest BCUT2D eigenvalue weighted by Crippen LogP contribution is -2.29. The Labute approximate surface area is 132 Å². The van der Waals surface area contributed by atoms with Crippen molar-refractivity contribution in [3.8, 4) is 5.75 Å². The Morgan fingerprint density at radius 1 is 1.09 bits per heavy atom. The number of carbonyl (C=O) groups is 1. The molecule has 116 valence electrons. The van der Waals surface area contributed by atoms with Crippen molar-refractivity contribution >= 4 is 5.91 Å². The molecule has 0 saturated heterocycles. The molecule has 1 atom stereocenters. The second-order valence-corrected chi connectivity index (χ2v) is 5.32. The van der Waals surface area contributed by atoms with Crippen LogP contribution in [0, 0.1) is 0 Å². The molecule has 0 aliphatic heterocycles. The third-order valence-electron chi connectivity index (χ3n) is 3.72. The van der Waals surface area contributed by atoms with Crippen molar-refractivity contribution in [3.63, 3.8) is 0 Å². The molecule has 2 aromatic rings. The minimum Gasteiger partial charge on any atom is -0.497 e. The summed E-state index contributed by atoms with van der Waals surface area (Å²) in [6, 6.07) is 17.7. The number of carbonyl (C=O) groups excluding carboxylic acids is 1. The van der Waals surface area contributed by atoms with E-state index in [1.165, 1.54) is 0 Å². The molecule has 0 fully saturated rings. The summed E-state index contributed by atoms with van der Waals surface area (Å²) in [6.45, 7) is 2.64. The highest BCUT2D eigenvalue weighted by atomic mass is 16.5. The third kappa shape index (κ3) is 4.35. The number of ether oxygens (including phenoxy) is 1. The summed E-state index contributed by atoms with van der Waals surface area (Å²) in [5.41, 5.74) is 2.15. The van der Waals surface area contributed by atoms with Crippen LogP contribution in [0.3, 0.4) is 0 Å². The summed E-state index contributed by atoms with van der Waals surface area (Å²) in [4.78, 5) is 12.5. The normalized spacial score (nSPS) is 11.7. The van der Waals surface area contributed by atoms with Crippen molar-refractivity contribution in [2.45, 2.75) is 32.2 Å². The van der Waals surface area contributed by atoms with Gasteiger partial charge in [-0.3, -0.25) is 4.79 Å². The van der Waals surface area contributed by atoms with Crippen LogP contribution in [-0.2, 0) is 11.3 Å². The summed E-state index contributed by atoms with van der Waals surface area (Å²) in [6.07, 6.45) is 1.84. The average Bonchev–Trinajstić information content (AvgIpc) is 2.58. The van der Waals surface area contributed by atoms with Gasteiger partial charge in [0, 0.05) is 6.54 Å². The van der Waals surface area contributed by atoms with E-state index in [2.05, 4.69) is 12.2 Å². The number of nitrogens with one attached hydrogen (secondary N) is 1. The second kappa shape index (κ2) is 8.23. The Morgan fingerprint density at radius 2 is 1.77 bits per heavy atom. The Balaban J connectivity index is 1.99. The van der Waals surface area contributed by atoms with E-state index < -0.39 is 0 Å². The predicted molar refractivity (Wildman–Crippen MR) is 88.9 cm³/mol. The highest BCUT2D eigenvalue weighted by Gasteiger charge is 2.18. The largest absolute Gasteiger partial charge is 0.497 e. The maximum absolute atomic E-state index is 12.5.